The van der Waals surface area contributed by atoms with Gasteiger partial charge in [0, 0.05) is 24.8 Å². The summed E-state index contributed by atoms with van der Waals surface area (Å²) in [7, 11) is 1.94. The first-order valence-electron chi connectivity index (χ1n) is 8.53. The molecule has 0 saturated carbocycles. The van der Waals surface area contributed by atoms with E-state index in [2.05, 4.69) is 41.1 Å². The lowest BCUT2D eigenvalue weighted by molar-refractivity contribution is -0.137. The lowest BCUT2D eigenvalue weighted by Gasteiger charge is -2.17. The number of alkyl halides is 3. The molecule has 0 aliphatic rings. The van der Waals surface area contributed by atoms with Crippen LogP contribution in [0.3, 0.4) is 0 Å². The Hall–Kier alpha value is -1.61. The number of hydrogen-bond donors (Lipinski definition) is 5. The molecule has 5 nitrogen and oxygen atoms in total. The highest BCUT2D eigenvalue weighted by Crippen LogP contribution is 2.30. The zero-order chi connectivity index (χ0) is 20.2. The molecule has 0 aromatic heterocycles. The number of nitrogens with one attached hydrogen (secondary N) is 3. The highest BCUT2D eigenvalue weighted by atomic mass is 19.4. The number of benzene rings is 1. The van der Waals surface area contributed by atoms with Crippen molar-refractivity contribution in [2.75, 3.05) is 20.1 Å². The van der Waals surface area contributed by atoms with Gasteiger partial charge in [-0.05, 0) is 63.5 Å². The van der Waals surface area contributed by atoms with E-state index in [-0.39, 0.29) is 0 Å². The molecule has 0 fully saturated rings. The highest BCUT2D eigenvalue weighted by Gasteiger charge is 2.30. The Balaban J connectivity index is 0.00000301. The summed E-state index contributed by atoms with van der Waals surface area (Å²) in [6.45, 7) is 9.89. The predicted molar refractivity (Wildman–Crippen MR) is 101 cm³/mol. The summed E-state index contributed by atoms with van der Waals surface area (Å²) in [6, 6.07) is 4.22. The molecule has 0 bridgehead atoms. The van der Waals surface area contributed by atoms with Crippen molar-refractivity contribution >= 4 is 0 Å². The number of hydrogen-bond acceptors (Lipinski definition) is 5. The van der Waals surface area contributed by atoms with E-state index in [0.29, 0.717) is 24.7 Å². The molecular formula is C18H32F3N5. The summed E-state index contributed by atoms with van der Waals surface area (Å²) in [6.07, 6.45) is -2.12. The maximum absolute atomic E-state index is 12.7. The average Bonchev–Trinajstić information content (AvgIpc) is 2.60. The van der Waals surface area contributed by atoms with E-state index in [9.17, 15) is 13.2 Å². The molecular weight excluding hydrogens is 343 g/mol. The Bertz CT molecular complexity index is 532. The van der Waals surface area contributed by atoms with Gasteiger partial charge in [-0.1, -0.05) is 12.6 Å². The van der Waals surface area contributed by atoms with Crippen LogP contribution >= 0.6 is 0 Å². The first-order chi connectivity index (χ1) is 12.2. The van der Waals surface area contributed by atoms with E-state index >= 15 is 0 Å². The van der Waals surface area contributed by atoms with E-state index in [4.69, 9.17) is 0 Å². The van der Waals surface area contributed by atoms with Gasteiger partial charge >= 0.3 is 6.18 Å². The van der Waals surface area contributed by atoms with Crippen LogP contribution in [-0.4, -0.2) is 26.2 Å². The molecule has 7 N–H and O–H groups in total. The topological polar surface area (TPSA) is 88.1 Å². The molecule has 150 valence electrons. The van der Waals surface area contributed by atoms with Crippen LogP contribution in [0.1, 0.15) is 36.5 Å². The summed E-state index contributed by atoms with van der Waals surface area (Å²) < 4.78 is 38.0. The normalized spacial score (nSPS) is 12.2. The van der Waals surface area contributed by atoms with Crippen molar-refractivity contribution in [2.45, 2.75) is 45.5 Å². The molecule has 0 aliphatic heterocycles. The summed E-state index contributed by atoms with van der Waals surface area (Å²) >= 11 is 0. The van der Waals surface area contributed by atoms with E-state index in [1.165, 1.54) is 12.1 Å². The zero-order valence-corrected chi connectivity index (χ0v) is 15.8. The molecule has 0 radical (unpaired) electrons. The van der Waals surface area contributed by atoms with Crippen LogP contribution in [0, 0.1) is 6.92 Å². The van der Waals surface area contributed by atoms with Crippen molar-refractivity contribution in [2.24, 2.45) is 11.7 Å². The van der Waals surface area contributed by atoms with Crippen LogP contribution in [0.4, 0.5) is 13.2 Å². The Kier molecular flexibility index (Phi) is 11.9. The summed E-state index contributed by atoms with van der Waals surface area (Å²) in [5.74, 6) is 8.00. The Labute approximate surface area is 154 Å². The van der Waals surface area contributed by atoms with Gasteiger partial charge in [0.15, 0.2) is 0 Å². The standard InChI is InChI=1S/C18H28F3N3.H4N2/c1-13-10-17(18(19,20)21)8-7-16(13)12-24-15(3)11-23-14(2)6-5-9-22-4;1-2/h7-8,10,14,22-24H,3,5-6,9,11-12H2,1-2,4H3;1-2H2. The molecule has 26 heavy (non-hydrogen) atoms. The number of nitrogens with two attached hydrogens (primary N) is 2. The van der Waals surface area contributed by atoms with Crippen LogP contribution in [0.25, 0.3) is 0 Å². The molecule has 1 aromatic carbocycles. The summed E-state index contributed by atoms with van der Waals surface area (Å²) in [4.78, 5) is 0. The molecule has 1 rings (SSSR count). The van der Waals surface area contributed by atoms with E-state index in [1.807, 2.05) is 7.05 Å². The summed E-state index contributed by atoms with van der Waals surface area (Å²) in [5.41, 5.74) is 1.68. The SMILES string of the molecule is C=C(CNC(C)CCCNC)NCc1ccc(C(F)(F)F)cc1C.NN. The lowest BCUT2D eigenvalue weighted by atomic mass is 10.0. The minimum atomic E-state index is -4.30. The second kappa shape index (κ2) is 12.7. The van der Waals surface area contributed by atoms with Crippen molar-refractivity contribution in [3.05, 3.63) is 47.2 Å². The van der Waals surface area contributed by atoms with Gasteiger partial charge in [-0.25, -0.2) is 0 Å². The largest absolute Gasteiger partial charge is 0.416 e. The number of rotatable bonds is 10. The fraction of sp³-hybridized carbons (Fsp3) is 0.556. The fourth-order valence-electron chi connectivity index (χ4n) is 2.34. The van der Waals surface area contributed by atoms with Crippen molar-refractivity contribution in [3.63, 3.8) is 0 Å². The van der Waals surface area contributed by atoms with Gasteiger partial charge in [-0.3, -0.25) is 11.7 Å². The third-order valence-corrected chi connectivity index (χ3v) is 3.93. The monoisotopic (exact) mass is 375 g/mol. The van der Waals surface area contributed by atoms with Crippen molar-refractivity contribution in [3.8, 4) is 0 Å². The zero-order valence-electron chi connectivity index (χ0n) is 15.8. The highest BCUT2D eigenvalue weighted by molar-refractivity contribution is 5.32. The first kappa shape index (κ1) is 24.4. The van der Waals surface area contributed by atoms with Gasteiger partial charge < -0.3 is 16.0 Å². The third-order valence-electron chi connectivity index (χ3n) is 3.93. The number of hydrazine groups is 1. The Morgan fingerprint density at radius 3 is 2.46 bits per heavy atom. The smallest absolute Gasteiger partial charge is 0.384 e. The molecule has 1 unspecified atom stereocenters. The molecule has 0 amide bonds. The minimum Gasteiger partial charge on any atom is -0.384 e. The van der Waals surface area contributed by atoms with Gasteiger partial charge in [-0.15, -0.1) is 0 Å². The molecule has 0 aliphatic carbocycles. The third kappa shape index (κ3) is 9.76. The van der Waals surface area contributed by atoms with Crippen LogP contribution < -0.4 is 27.6 Å². The minimum absolute atomic E-state index is 0.393. The van der Waals surface area contributed by atoms with Crippen molar-refractivity contribution in [1.29, 1.82) is 0 Å². The van der Waals surface area contributed by atoms with Crippen molar-refractivity contribution < 1.29 is 13.2 Å². The second-order valence-electron chi connectivity index (χ2n) is 6.12. The maximum atomic E-state index is 12.7. The lowest BCUT2D eigenvalue weighted by Crippen LogP contribution is -2.32. The van der Waals surface area contributed by atoms with Gasteiger partial charge in [0.25, 0.3) is 0 Å². The van der Waals surface area contributed by atoms with E-state index < -0.39 is 11.7 Å². The van der Waals surface area contributed by atoms with E-state index in [0.717, 1.165) is 36.7 Å². The number of aryl methyl sites for hydroxylation is 1. The molecule has 0 spiro atoms. The quantitative estimate of drug-likeness (QED) is 0.246. The first-order valence-corrected chi connectivity index (χ1v) is 8.53. The number of halogens is 3. The molecule has 0 heterocycles. The van der Waals surface area contributed by atoms with Gasteiger partial charge in [-0.2, -0.15) is 13.2 Å². The fourth-order valence-corrected chi connectivity index (χ4v) is 2.34. The Morgan fingerprint density at radius 2 is 1.92 bits per heavy atom. The molecule has 0 saturated heterocycles. The van der Waals surface area contributed by atoms with Crippen LogP contribution in [0.15, 0.2) is 30.5 Å². The molecule has 8 heteroatoms. The molecule has 1 aromatic rings. The van der Waals surface area contributed by atoms with Crippen LogP contribution in [-0.2, 0) is 12.7 Å². The maximum Gasteiger partial charge on any atom is 0.416 e. The van der Waals surface area contributed by atoms with Crippen LogP contribution in [0.5, 0.6) is 0 Å². The Morgan fingerprint density at radius 1 is 1.27 bits per heavy atom. The van der Waals surface area contributed by atoms with E-state index in [1.54, 1.807) is 6.92 Å². The van der Waals surface area contributed by atoms with Crippen LogP contribution in [0.2, 0.25) is 0 Å². The summed E-state index contributed by atoms with van der Waals surface area (Å²) in [5, 5.41) is 9.67. The van der Waals surface area contributed by atoms with Gasteiger partial charge in [0.2, 0.25) is 0 Å². The second-order valence-corrected chi connectivity index (χ2v) is 6.12. The van der Waals surface area contributed by atoms with Gasteiger partial charge in [0.1, 0.15) is 0 Å². The predicted octanol–water partition coefficient (Wildman–Crippen LogP) is 2.41. The van der Waals surface area contributed by atoms with Crippen molar-refractivity contribution in [1.82, 2.24) is 16.0 Å². The average molecular weight is 375 g/mol. The molecule has 1 atom stereocenters. The van der Waals surface area contributed by atoms with Gasteiger partial charge in [0.05, 0.1) is 5.56 Å².